The van der Waals surface area contributed by atoms with E-state index in [-0.39, 0.29) is 6.04 Å². The van der Waals surface area contributed by atoms with Crippen LogP contribution in [0.1, 0.15) is 18.5 Å². The molecule has 1 aliphatic rings. The van der Waals surface area contributed by atoms with Gasteiger partial charge < -0.3 is 10.6 Å². The number of nitrogens with zero attached hydrogens (tertiary/aromatic N) is 3. The largest absolute Gasteiger partial charge is 0.368 e. The first-order chi connectivity index (χ1) is 8.75. The second-order valence-corrected chi connectivity index (χ2v) is 4.98. The highest BCUT2D eigenvalue weighted by atomic mass is 15.2. The Bertz CT molecular complexity index is 567. The maximum atomic E-state index is 6.06. The molecule has 1 unspecified atom stereocenters. The summed E-state index contributed by atoms with van der Waals surface area (Å²) in [5.41, 5.74) is 9.20. The van der Waals surface area contributed by atoms with Crippen LogP contribution in [0, 0.1) is 6.92 Å². The molecule has 4 heteroatoms. The lowest BCUT2D eigenvalue weighted by Crippen LogP contribution is -2.43. The molecule has 1 fully saturated rings. The van der Waals surface area contributed by atoms with Gasteiger partial charge in [-0.2, -0.15) is 0 Å². The minimum atomic E-state index is 0.270. The van der Waals surface area contributed by atoms with Gasteiger partial charge in [-0.1, -0.05) is 0 Å². The average Bonchev–Trinajstić information content (AvgIpc) is 2.39. The standard InChI is InChI=1S/C14H18N4/c1-10-14-12(5-2-6-16-14)13(8-17-10)18-7-3-4-11(15)9-18/h2,5-6,8,11H,3-4,7,9,15H2,1H3. The van der Waals surface area contributed by atoms with Gasteiger partial charge in [0.1, 0.15) is 0 Å². The Kier molecular flexibility index (Phi) is 2.88. The Morgan fingerprint density at radius 2 is 2.28 bits per heavy atom. The molecule has 3 rings (SSSR count). The van der Waals surface area contributed by atoms with Crippen molar-refractivity contribution in [3.8, 4) is 0 Å². The Balaban J connectivity index is 2.09. The number of nitrogens with two attached hydrogens (primary N) is 1. The molecular weight excluding hydrogens is 224 g/mol. The summed E-state index contributed by atoms with van der Waals surface area (Å²) in [6.45, 7) is 3.97. The second-order valence-electron chi connectivity index (χ2n) is 4.98. The van der Waals surface area contributed by atoms with Gasteiger partial charge in [0.15, 0.2) is 0 Å². The molecule has 1 aliphatic heterocycles. The van der Waals surface area contributed by atoms with Crippen molar-refractivity contribution in [2.75, 3.05) is 18.0 Å². The quantitative estimate of drug-likeness (QED) is 0.829. The van der Waals surface area contributed by atoms with Gasteiger partial charge in [0.2, 0.25) is 0 Å². The van der Waals surface area contributed by atoms with Crippen molar-refractivity contribution in [3.05, 3.63) is 30.2 Å². The Morgan fingerprint density at radius 1 is 1.39 bits per heavy atom. The third-order valence-electron chi connectivity index (χ3n) is 3.61. The normalized spacial score (nSPS) is 20.3. The molecule has 1 atom stereocenters. The topological polar surface area (TPSA) is 55.0 Å². The van der Waals surface area contributed by atoms with Crippen molar-refractivity contribution in [1.82, 2.24) is 9.97 Å². The highest BCUT2D eigenvalue weighted by molar-refractivity contribution is 5.92. The van der Waals surface area contributed by atoms with Crippen molar-refractivity contribution < 1.29 is 0 Å². The van der Waals surface area contributed by atoms with Crippen molar-refractivity contribution in [3.63, 3.8) is 0 Å². The van der Waals surface area contributed by atoms with Crippen LogP contribution in [0.15, 0.2) is 24.5 Å². The van der Waals surface area contributed by atoms with E-state index >= 15 is 0 Å². The first-order valence-electron chi connectivity index (χ1n) is 6.46. The summed E-state index contributed by atoms with van der Waals surface area (Å²) in [6.07, 6.45) is 6.04. The number of rotatable bonds is 1. The zero-order valence-electron chi connectivity index (χ0n) is 10.6. The van der Waals surface area contributed by atoms with Crippen LogP contribution in [0.25, 0.3) is 10.9 Å². The molecule has 3 heterocycles. The van der Waals surface area contributed by atoms with Gasteiger partial charge in [0.25, 0.3) is 0 Å². The summed E-state index contributed by atoms with van der Waals surface area (Å²) in [7, 11) is 0. The second kappa shape index (κ2) is 4.53. The number of piperidine rings is 1. The van der Waals surface area contributed by atoms with E-state index in [2.05, 4.69) is 20.9 Å². The van der Waals surface area contributed by atoms with Gasteiger partial charge >= 0.3 is 0 Å². The minimum absolute atomic E-state index is 0.270. The van der Waals surface area contributed by atoms with Gasteiger partial charge in [-0.3, -0.25) is 9.97 Å². The third-order valence-corrected chi connectivity index (χ3v) is 3.61. The highest BCUT2D eigenvalue weighted by Gasteiger charge is 2.19. The summed E-state index contributed by atoms with van der Waals surface area (Å²) in [5, 5.41) is 1.18. The molecule has 4 nitrogen and oxygen atoms in total. The molecule has 2 aromatic heterocycles. The van der Waals surface area contributed by atoms with Gasteiger partial charge in [-0.05, 0) is 31.9 Å². The average molecular weight is 242 g/mol. The van der Waals surface area contributed by atoms with Crippen LogP contribution in [0.2, 0.25) is 0 Å². The van der Waals surface area contributed by atoms with Crippen LogP contribution >= 0.6 is 0 Å². The Hall–Kier alpha value is -1.68. The highest BCUT2D eigenvalue weighted by Crippen LogP contribution is 2.28. The number of aryl methyl sites for hydroxylation is 1. The first kappa shape index (κ1) is 11.4. The van der Waals surface area contributed by atoms with Crippen LogP contribution in [-0.4, -0.2) is 29.1 Å². The zero-order chi connectivity index (χ0) is 12.5. The van der Waals surface area contributed by atoms with Crippen molar-refractivity contribution in [2.45, 2.75) is 25.8 Å². The van der Waals surface area contributed by atoms with E-state index in [0.717, 1.165) is 37.1 Å². The summed E-state index contributed by atoms with van der Waals surface area (Å²) >= 11 is 0. The molecule has 0 aliphatic carbocycles. The summed E-state index contributed by atoms with van der Waals surface area (Å²) in [5.74, 6) is 0. The predicted octanol–water partition coefficient (Wildman–Crippen LogP) is 1.87. The fourth-order valence-corrected chi connectivity index (χ4v) is 2.67. The molecule has 2 aromatic rings. The molecule has 1 saturated heterocycles. The molecule has 94 valence electrons. The molecular formula is C14H18N4. The Labute approximate surface area is 107 Å². The number of pyridine rings is 2. The lowest BCUT2D eigenvalue weighted by molar-refractivity contribution is 0.506. The van der Waals surface area contributed by atoms with E-state index < -0.39 is 0 Å². The number of hydrogen-bond donors (Lipinski definition) is 1. The predicted molar refractivity (Wildman–Crippen MR) is 73.7 cm³/mol. The molecule has 0 saturated carbocycles. The Morgan fingerprint density at radius 3 is 3.11 bits per heavy atom. The minimum Gasteiger partial charge on any atom is -0.368 e. The lowest BCUT2D eigenvalue weighted by Gasteiger charge is -2.33. The fourth-order valence-electron chi connectivity index (χ4n) is 2.67. The van der Waals surface area contributed by atoms with Crippen molar-refractivity contribution in [2.24, 2.45) is 5.73 Å². The third kappa shape index (κ3) is 1.93. The molecule has 0 amide bonds. The van der Waals surface area contributed by atoms with E-state index in [4.69, 9.17) is 5.73 Å². The van der Waals surface area contributed by atoms with Gasteiger partial charge in [-0.25, -0.2) is 0 Å². The summed E-state index contributed by atoms with van der Waals surface area (Å²) in [4.78, 5) is 11.2. The maximum Gasteiger partial charge on any atom is 0.0935 e. The van der Waals surface area contributed by atoms with E-state index in [9.17, 15) is 0 Å². The van der Waals surface area contributed by atoms with Crippen LogP contribution in [-0.2, 0) is 0 Å². The number of hydrogen-bond acceptors (Lipinski definition) is 4. The summed E-state index contributed by atoms with van der Waals surface area (Å²) in [6, 6.07) is 4.37. The van der Waals surface area contributed by atoms with Crippen LogP contribution in [0.5, 0.6) is 0 Å². The fraction of sp³-hybridized carbons (Fsp3) is 0.429. The van der Waals surface area contributed by atoms with Crippen LogP contribution < -0.4 is 10.6 Å². The van der Waals surface area contributed by atoms with Crippen LogP contribution in [0.4, 0.5) is 5.69 Å². The lowest BCUT2D eigenvalue weighted by atomic mass is 10.0. The molecule has 2 N–H and O–H groups in total. The first-order valence-corrected chi connectivity index (χ1v) is 6.46. The summed E-state index contributed by atoms with van der Waals surface area (Å²) < 4.78 is 0. The SMILES string of the molecule is Cc1ncc(N2CCCC(N)C2)c2cccnc12. The van der Waals surface area contributed by atoms with Gasteiger partial charge in [-0.15, -0.1) is 0 Å². The molecule has 18 heavy (non-hydrogen) atoms. The van der Waals surface area contributed by atoms with Crippen molar-refractivity contribution >= 4 is 16.6 Å². The van der Waals surface area contributed by atoms with E-state index in [1.54, 1.807) is 0 Å². The number of anilines is 1. The van der Waals surface area contributed by atoms with Gasteiger partial charge in [0, 0.05) is 30.7 Å². The molecule has 0 radical (unpaired) electrons. The molecule has 0 aromatic carbocycles. The number of aromatic nitrogens is 2. The number of fused-ring (bicyclic) bond motifs is 1. The monoisotopic (exact) mass is 242 g/mol. The smallest absolute Gasteiger partial charge is 0.0935 e. The van der Waals surface area contributed by atoms with Crippen molar-refractivity contribution in [1.29, 1.82) is 0 Å². The van der Waals surface area contributed by atoms with Gasteiger partial charge in [0.05, 0.1) is 23.1 Å². The molecule has 0 bridgehead atoms. The van der Waals surface area contributed by atoms with E-state index in [0.29, 0.717) is 0 Å². The van der Waals surface area contributed by atoms with Crippen LogP contribution in [0.3, 0.4) is 0 Å². The van der Waals surface area contributed by atoms with E-state index in [1.807, 2.05) is 25.4 Å². The maximum absolute atomic E-state index is 6.06. The molecule has 0 spiro atoms. The van der Waals surface area contributed by atoms with E-state index in [1.165, 1.54) is 11.1 Å². The zero-order valence-corrected chi connectivity index (χ0v) is 10.6.